The Morgan fingerprint density at radius 3 is 2.61 bits per heavy atom. The average molecular weight is 247 g/mol. The molecule has 1 aromatic rings. The number of nitriles is 1. The topological polar surface area (TPSA) is 65.2 Å². The van der Waals surface area contributed by atoms with Crippen molar-refractivity contribution in [3.8, 4) is 6.07 Å². The normalized spacial score (nSPS) is 16.9. The van der Waals surface area contributed by atoms with Crippen molar-refractivity contribution >= 4 is 6.03 Å². The minimum absolute atomic E-state index is 0.145. The quantitative estimate of drug-likeness (QED) is 0.734. The number of amides is 1. The Bertz CT molecular complexity index is 465. The van der Waals surface area contributed by atoms with E-state index in [1.165, 1.54) is 17.0 Å². The number of nitrogens with zero attached hydrogens (tertiary/aromatic N) is 5. The second kappa shape index (κ2) is 5.19. The van der Waals surface area contributed by atoms with Crippen LogP contribution in [0.4, 0.5) is 4.79 Å². The van der Waals surface area contributed by atoms with Gasteiger partial charge >= 0.3 is 6.03 Å². The predicted octanol–water partition coefficient (Wildman–Crippen LogP) is 0.749. The van der Waals surface area contributed by atoms with Crippen molar-refractivity contribution in [2.45, 2.75) is 19.9 Å². The zero-order valence-corrected chi connectivity index (χ0v) is 10.7. The molecule has 0 N–H and O–H groups in total. The van der Waals surface area contributed by atoms with E-state index >= 15 is 0 Å². The number of imidazole rings is 1. The fraction of sp³-hybridized carbons (Fsp3) is 0.583. The summed E-state index contributed by atoms with van der Waals surface area (Å²) >= 11 is 0. The molecule has 1 aliphatic heterocycles. The van der Waals surface area contributed by atoms with E-state index in [9.17, 15) is 4.79 Å². The molecule has 6 heteroatoms. The van der Waals surface area contributed by atoms with Gasteiger partial charge in [-0.3, -0.25) is 4.90 Å². The third-order valence-corrected chi connectivity index (χ3v) is 3.26. The summed E-state index contributed by atoms with van der Waals surface area (Å²) in [5.41, 5.74) is 0. The van der Waals surface area contributed by atoms with Crippen LogP contribution in [-0.2, 0) is 0 Å². The molecule has 0 aromatic carbocycles. The maximum atomic E-state index is 12.2. The molecule has 2 rings (SSSR count). The Kier molecular flexibility index (Phi) is 3.63. The van der Waals surface area contributed by atoms with Crippen molar-refractivity contribution in [2.24, 2.45) is 0 Å². The second-order valence-electron chi connectivity index (χ2n) is 4.63. The van der Waals surface area contributed by atoms with Crippen molar-refractivity contribution in [1.82, 2.24) is 19.4 Å². The summed E-state index contributed by atoms with van der Waals surface area (Å²) in [7, 11) is 0. The molecule has 6 nitrogen and oxygen atoms in total. The molecule has 1 amide bonds. The van der Waals surface area contributed by atoms with Gasteiger partial charge in [0.05, 0.1) is 0 Å². The molecule has 2 heterocycles. The molecule has 0 radical (unpaired) electrons. The van der Waals surface area contributed by atoms with Gasteiger partial charge in [0, 0.05) is 44.6 Å². The summed E-state index contributed by atoms with van der Waals surface area (Å²) < 4.78 is 1.31. The fourth-order valence-electron chi connectivity index (χ4n) is 2.12. The van der Waals surface area contributed by atoms with Gasteiger partial charge in [-0.2, -0.15) is 5.26 Å². The number of hydrogen-bond acceptors (Lipinski definition) is 4. The molecule has 1 saturated heterocycles. The van der Waals surface area contributed by atoms with Gasteiger partial charge in [0.2, 0.25) is 5.82 Å². The van der Waals surface area contributed by atoms with E-state index in [1.807, 2.05) is 6.07 Å². The number of piperazine rings is 1. The summed E-state index contributed by atoms with van der Waals surface area (Å²) in [5.74, 6) is 0.145. The lowest BCUT2D eigenvalue weighted by Gasteiger charge is -2.36. The number of carbonyl (C=O) groups excluding carboxylic acids is 1. The van der Waals surface area contributed by atoms with Crippen molar-refractivity contribution in [3.63, 3.8) is 0 Å². The summed E-state index contributed by atoms with van der Waals surface area (Å²) in [6, 6.07) is 2.26. The first-order valence-electron chi connectivity index (χ1n) is 6.10. The van der Waals surface area contributed by atoms with E-state index in [1.54, 1.807) is 4.90 Å². The third-order valence-electron chi connectivity index (χ3n) is 3.26. The molecule has 1 aliphatic rings. The SMILES string of the molecule is CC(C)N1CCN(C(=O)n2ccnc2C#N)CC1. The van der Waals surface area contributed by atoms with Gasteiger partial charge < -0.3 is 4.90 Å². The Morgan fingerprint density at radius 2 is 2.06 bits per heavy atom. The lowest BCUT2D eigenvalue weighted by atomic mass is 10.2. The Balaban J connectivity index is 2.02. The van der Waals surface area contributed by atoms with E-state index in [4.69, 9.17) is 5.26 Å². The lowest BCUT2D eigenvalue weighted by Crippen LogP contribution is -2.51. The highest BCUT2D eigenvalue weighted by molar-refractivity contribution is 5.78. The van der Waals surface area contributed by atoms with E-state index < -0.39 is 0 Å². The van der Waals surface area contributed by atoms with Crippen LogP contribution in [0.1, 0.15) is 19.7 Å². The van der Waals surface area contributed by atoms with Crippen LogP contribution in [0.3, 0.4) is 0 Å². The molecular formula is C12H17N5O. The highest BCUT2D eigenvalue weighted by atomic mass is 16.2. The van der Waals surface area contributed by atoms with Crippen LogP contribution in [-0.4, -0.2) is 57.6 Å². The van der Waals surface area contributed by atoms with E-state index in [-0.39, 0.29) is 11.9 Å². The zero-order valence-electron chi connectivity index (χ0n) is 10.7. The first-order valence-corrected chi connectivity index (χ1v) is 6.10. The molecule has 0 saturated carbocycles. The molecule has 1 fully saturated rings. The van der Waals surface area contributed by atoms with Crippen LogP contribution in [0.25, 0.3) is 0 Å². The summed E-state index contributed by atoms with van der Waals surface area (Å²) in [5, 5.41) is 8.86. The first kappa shape index (κ1) is 12.6. The monoisotopic (exact) mass is 247 g/mol. The molecule has 1 aromatic heterocycles. The lowest BCUT2D eigenvalue weighted by molar-refractivity contribution is 0.120. The zero-order chi connectivity index (χ0) is 13.1. The van der Waals surface area contributed by atoms with Crippen molar-refractivity contribution in [3.05, 3.63) is 18.2 Å². The molecule has 0 spiro atoms. The molecular weight excluding hydrogens is 230 g/mol. The van der Waals surface area contributed by atoms with Gasteiger partial charge in [-0.05, 0) is 13.8 Å². The smallest absolute Gasteiger partial charge is 0.321 e. The number of hydrogen-bond donors (Lipinski definition) is 0. The number of rotatable bonds is 1. The van der Waals surface area contributed by atoms with E-state index in [2.05, 4.69) is 23.7 Å². The van der Waals surface area contributed by atoms with Crippen LogP contribution in [0.2, 0.25) is 0 Å². The van der Waals surface area contributed by atoms with E-state index in [0.29, 0.717) is 19.1 Å². The van der Waals surface area contributed by atoms with Crippen LogP contribution in [0.5, 0.6) is 0 Å². The molecule has 0 aliphatic carbocycles. The summed E-state index contributed by atoms with van der Waals surface area (Å²) in [6.45, 7) is 7.45. The minimum atomic E-state index is -0.160. The summed E-state index contributed by atoms with van der Waals surface area (Å²) in [6.07, 6.45) is 3.01. The maximum Gasteiger partial charge on any atom is 0.330 e. The van der Waals surface area contributed by atoms with Crippen LogP contribution in [0, 0.1) is 11.3 Å². The second-order valence-corrected chi connectivity index (χ2v) is 4.63. The minimum Gasteiger partial charge on any atom is -0.321 e. The Labute approximate surface area is 106 Å². The predicted molar refractivity (Wildman–Crippen MR) is 66.0 cm³/mol. The van der Waals surface area contributed by atoms with Crippen LogP contribution < -0.4 is 0 Å². The largest absolute Gasteiger partial charge is 0.330 e. The van der Waals surface area contributed by atoms with Crippen LogP contribution in [0.15, 0.2) is 12.4 Å². The first-order chi connectivity index (χ1) is 8.63. The highest BCUT2D eigenvalue weighted by Crippen LogP contribution is 2.08. The van der Waals surface area contributed by atoms with Crippen LogP contribution >= 0.6 is 0 Å². The van der Waals surface area contributed by atoms with Gasteiger partial charge in [0.1, 0.15) is 6.07 Å². The van der Waals surface area contributed by atoms with Gasteiger partial charge in [0.25, 0.3) is 0 Å². The number of aromatic nitrogens is 2. The van der Waals surface area contributed by atoms with Crippen molar-refractivity contribution in [1.29, 1.82) is 5.26 Å². The third kappa shape index (κ3) is 2.36. The van der Waals surface area contributed by atoms with Gasteiger partial charge in [-0.1, -0.05) is 0 Å². The Hall–Kier alpha value is -1.87. The van der Waals surface area contributed by atoms with E-state index in [0.717, 1.165) is 13.1 Å². The molecule has 0 bridgehead atoms. The Morgan fingerprint density at radius 1 is 1.39 bits per heavy atom. The van der Waals surface area contributed by atoms with Crippen molar-refractivity contribution < 1.29 is 4.79 Å². The maximum absolute atomic E-state index is 12.2. The molecule has 0 unspecified atom stereocenters. The van der Waals surface area contributed by atoms with Gasteiger partial charge in [-0.15, -0.1) is 0 Å². The fourth-order valence-corrected chi connectivity index (χ4v) is 2.12. The summed E-state index contributed by atoms with van der Waals surface area (Å²) in [4.78, 5) is 20.1. The molecule has 96 valence electrons. The molecule has 0 atom stereocenters. The highest BCUT2D eigenvalue weighted by Gasteiger charge is 2.24. The van der Waals surface area contributed by atoms with Crippen molar-refractivity contribution in [2.75, 3.05) is 26.2 Å². The van der Waals surface area contributed by atoms with Gasteiger partial charge in [-0.25, -0.2) is 14.3 Å². The van der Waals surface area contributed by atoms with Gasteiger partial charge in [0.15, 0.2) is 0 Å². The standard InChI is InChI=1S/C12H17N5O/c1-10(2)15-5-7-16(8-6-15)12(18)17-4-3-14-11(17)9-13/h3-4,10H,5-8H2,1-2H3. The average Bonchev–Trinajstić information content (AvgIpc) is 2.86. The number of carbonyl (C=O) groups is 1. The molecule has 18 heavy (non-hydrogen) atoms.